The fourth-order valence-corrected chi connectivity index (χ4v) is 2.33. The zero-order chi connectivity index (χ0) is 16.6. The van der Waals surface area contributed by atoms with E-state index in [0.29, 0.717) is 12.5 Å². The lowest BCUT2D eigenvalue weighted by molar-refractivity contribution is 0.928. The van der Waals surface area contributed by atoms with Crippen molar-refractivity contribution in [3.63, 3.8) is 0 Å². The lowest BCUT2D eigenvalue weighted by atomic mass is 10.1. The van der Waals surface area contributed by atoms with Gasteiger partial charge in [0.15, 0.2) is 5.82 Å². The molecule has 0 saturated heterocycles. The van der Waals surface area contributed by atoms with Crippen molar-refractivity contribution >= 4 is 11.8 Å². The van der Waals surface area contributed by atoms with Gasteiger partial charge >= 0.3 is 0 Å². The molecule has 2 aromatic carbocycles. The molecule has 0 bridgehead atoms. The molecule has 1 aromatic heterocycles. The van der Waals surface area contributed by atoms with Crippen LogP contribution in [0.1, 0.15) is 16.7 Å². The van der Waals surface area contributed by atoms with Gasteiger partial charge in [-0.25, -0.2) is 0 Å². The molecule has 0 aliphatic heterocycles. The number of rotatable bonds is 7. The Hall–Kier alpha value is -2.95. The third kappa shape index (κ3) is 4.78. The predicted octanol–water partition coefficient (Wildman–Crippen LogP) is 3.45. The Morgan fingerprint density at radius 1 is 0.875 bits per heavy atom. The van der Waals surface area contributed by atoms with Crippen LogP contribution in [0.3, 0.4) is 0 Å². The fraction of sp³-hybridized carbons (Fsp3) is 0.211. The van der Waals surface area contributed by atoms with Crippen molar-refractivity contribution < 1.29 is 0 Å². The van der Waals surface area contributed by atoms with Crippen LogP contribution in [0.15, 0.2) is 60.8 Å². The van der Waals surface area contributed by atoms with Gasteiger partial charge in [-0.2, -0.15) is 10.1 Å². The van der Waals surface area contributed by atoms with E-state index in [1.165, 1.54) is 16.7 Å². The van der Waals surface area contributed by atoms with Crippen LogP contribution in [0.5, 0.6) is 0 Å². The maximum atomic E-state index is 4.44. The first-order valence-electron chi connectivity index (χ1n) is 8.06. The van der Waals surface area contributed by atoms with Crippen LogP contribution in [0.25, 0.3) is 0 Å². The molecule has 0 amide bonds. The van der Waals surface area contributed by atoms with Crippen LogP contribution < -0.4 is 10.6 Å². The topological polar surface area (TPSA) is 62.7 Å². The van der Waals surface area contributed by atoms with E-state index in [-0.39, 0.29) is 0 Å². The van der Waals surface area contributed by atoms with Gasteiger partial charge in [0.25, 0.3) is 0 Å². The third-order valence-electron chi connectivity index (χ3n) is 3.69. The SMILES string of the molecule is Cc1ccc(CNc2nncc(NCCc3ccccc3)n2)cc1. The highest BCUT2D eigenvalue weighted by Gasteiger charge is 2.01. The van der Waals surface area contributed by atoms with E-state index in [2.05, 4.69) is 81.3 Å². The van der Waals surface area contributed by atoms with E-state index < -0.39 is 0 Å². The smallest absolute Gasteiger partial charge is 0.244 e. The van der Waals surface area contributed by atoms with Gasteiger partial charge in [0.2, 0.25) is 5.95 Å². The van der Waals surface area contributed by atoms with E-state index >= 15 is 0 Å². The average Bonchev–Trinajstić information content (AvgIpc) is 2.63. The van der Waals surface area contributed by atoms with Crippen molar-refractivity contribution in [3.05, 3.63) is 77.5 Å². The molecule has 122 valence electrons. The van der Waals surface area contributed by atoms with E-state index in [0.717, 1.165) is 18.8 Å². The number of hydrogen-bond donors (Lipinski definition) is 2. The first-order chi connectivity index (χ1) is 11.8. The molecular weight excluding hydrogens is 298 g/mol. The number of hydrogen-bond acceptors (Lipinski definition) is 5. The Kier molecular flexibility index (Phi) is 5.35. The first kappa shape index (κ1) is 15.9. The zero-order valence-electron chi connectivity index (χ0n) is 13.7. The Bertz CT molecular complexity index is 756. The van der Waals surface area contributed by atoms with Gasteiger partial charge in [-0.15, -0.1) is 5.10 Å². The molecule has 0 saturated carbocycles. The minimum Gasteiger partial charge on any atom is -0.368 e. The number of nitrogens with zero attached hydrogens (tertiary/aromatic N) is 3. The Morgan fingerprint density at radius 3 is 2.46 bits per heavy atom. The number of nitrogens with one attached hydrogen (secondary N) is 2. The molecule has 0 spiro atoms. The van der Waals surface area contributed by atoms with Gasteiger partial charge in [0.05, 0.1) is 6.20 Å². The molecule has 0 aliphatic carbocycles. The quantitative estimate of drug-likeness (QED) is 0.698. The van der Waals surface area contributed by atoms with Crippen LogP contribution >= 0.6 is 0 Å². The summed E-state index contributed by atoms with van der Waals surface area (Å²) in [6, 6.07) is 18.7. The van der Waals surface area contributed by atoms with Gasteiger partial charge in [-0.3, -0.25) is 0 Å². The summed E-state index contributed by atoms with van der Waals surface area (Å²) in [6.45, 7) is 3.56. The van der Waals surface area contributed by atoms with Crippen molar-refractivity contribution in [2.24, 2.45) is 0 Å². The van der Waals surface area contributed by atoms with Crippen molar-refractivity contribution in [1.82, 2.24) is 15.2 Å². The number of benzene rings is 2. The molecule has 5 nitrogen and oxygen atoms in total. The van der Waals surface area contributed by atoms with Crippen LogP contribution in [0.4, 0.5) is 11.8 Å². The fourth-order valence-electron chi connectivity index (χ4n) is 2.33. The minimum atomic E-state index is 0.528. The lowest BCUT2D eigenvalue weighted by Crippen LogP contribution is -2.10. The Labute approximate surface area is 142 Å². The molecule has 0 fully saturated rings. The second-order valence-corrected chi connectivity index (χ2v) is 5.67. The lowest BCUT2D eigenvalue weighted by Gasteiger charge is -2.08. The molecule has 2 N–H and O–H groups in total. The van der Waals surface area contributed by atoms with Crippen molar-refractivity contribution in [1.29, 1.82) is 0 Å². The second-order valence-electron chi connectivity index (χ2n) is 5.67. The van der Waals surface area contributed by atoms with Crippen LogP contribution in [0, 0.1) is 6.92 Å². The van der Waals surface area contributed by atoms with Crippen molar-refractivity contribution in [2.45, 2.75) is 19.9 Å². The largest absolute Gasteiger partial charge is 0.368 e. The van der Waals surface area contributed by atoms with Gasteiger partial charge in [-0.05, 0) is 24.5 Å². The Morgan fingerprint density at radius 2 is 1.67 bits per heavy atom. The van der Waals surface area contributed by atoms with Gasteiger partial charge < -0.3 is 10.6 Å². The number of aromatic nitrogens is 3. The molecule has 0 radical (unpaired) electrons. The molecule has 0 unspecified atom stereocenters. The van der Waals surface area contributed by atoms with E-state index in [1.807, 2.05) is 6.07 Å². The highest BCUT2D eigenvalue weighted by molar-refractivity contribution is 5.38. The van der Waals surface area contributed by atoms with E-state index in [9.17, 15) is 0 Å². The summed E-state index contributed by atoms with van der Waals surface area (Å²) < 4.78 is 0. The molecule has 3 aromatic rings. The summed E-state index contributed by atoms with van der Waals surface area (Å²) in [4.78, 5) is 4.44. The Balaban J connectivity index is 1.51. The van der Waals surface area contributed by atoms with E-state index in [1.54, 1.807) is 6.20 Å². The maximum absolute atomic E-state index is 4.44. The molecule has 3 rings (SSSR count). The number of anilines is 2. The minimum absolute atomic E-state index is 0.528. The predicted molar refractivity (Wildman–Crippen MR) is 97.0 cm³/mol. The summed E-state index contributed by atoms with van der Waals surface area (Å²) >= 11 is 0. The molecule has 1 heterocycles. The standard InChI is InChI=1S/C19H21N5/c1-15-7-9-17(10-8-15)13-21-19-23-18(14-22-24-19)20-12-11-16-5-3-2-4-6-16/h2-10,14H,11-13H2,1H3,(H2,20,21,23,24). The van der Waals surface area contributed by atoms with Gasteiger partial charge in [0, 0.05) is 13.1 Å². The van der Waals surface area contributed by atoms with Crippen LogP contribution in [-0.4, -0.2) is 21.7 Å². The average molecular weight is 319 g/mol. The van der Waals surface area contributed by atoms with Gasteiger partial charge in [0.1, 0.15) is 0 Å². The number of aryl methyl sites for hydroxylation is 1. The van der Waals surface area contributed by atoms with Crippen LogP contribution in [-0.2, 0) is 13.0 Å². The molecule has 0 atom stereocenters. The summed E-state index contributed by atoms with van der Waals surface area (Å²) in [7, 11) is 0. The molecule has 0 aliphatic rings. The van der Waals surface area contributed by atoms with Crippen molar-refractivity contribution in [3.8, 4) is 0 Å². The van der Waals surface area contributed by atoms with Crippen LogP contribution in [0.2, 0.25) is 0 Å². The third-order valence-corrected chi connectivity index (χ3v) is 3.69. The monoisotopic (exact) mass is 319 g/mol. The highest BCUT2D eigenvalue weighted by Crippen LogP contribution is 2.08. The normalized spacial score (nSPS) is 10.4. The molecule has 24 heavy (non-hydrogen) atoms. The van der Waals surface area contributed by atoms with Crippen molar-refractivity contribution in [2.75, 3.05) is 17.2 Å². The summed E-state index contributed by atoms with van der Waals surface area (Å²) in [5, 5.41) is 14.5. The molecular formula is C19H21N5. The molecule has 5 heteroatoms. The highest BCUT2D eigenvalue weighted by atomic mass is 15.3. The summed E-state index contributed by atoms with van der Waals surface area (Å²) in [5.41, 5.74) is 3.73. The first-order valence-corrected chi connectivity index (χ1v) is 8.06. The second kappa shape index (κ2) is 8.06. The van der Waals surface area contributed by atoms with Gasteiger partial charge in [-0.1, -0.05) is 60.2 Å². The van der Waals surface area contributed by atoms with E-state index in [4.69, 9.17) is 0 Å². The zero-order valence-corrected chi connectivity index (χ0v) is 13.7. The summed E-state index contributed by atoms with van der Waals surface area (Å²) in [5.74, 6) is 1.26. The maximum Gasteiger partial charge on any atom is 0.244 e. The summed E-state index contributed by atoms with van der Waals surface area (Å²) in [6.07, 6.45) is 2.58.